The van der Waals surface area contributed by atoms with Gasteiger partial charge in [-0.1, -0.05) is 12.1 Å². The number of ether oxygens (including phenoxy) is 2. The highest BCUT2D eigenvalue weighted by Gasteiger charge is 2.28. The first-order valence-corrected chi connectivity index (χ1v) is 9.28. The first-order valence-electron chi connectivity index (χ1n) is 9.28. The van der Waals surface area contributed by atoms with Gasteiger partial charge in [0.1, 0.15) is 13.2 Å². The van der Waals surface area contributed by atoms with Crippen molar-refractivity contribution in [3.63, 3.8) is 0 Å². The van der Waals surface area contributed by atoms with Crippen LogP contribution in [0.25, 0.3) is 22.3 Å². The van der Waals surface area contributed by atoms with Gasteiger partial charge < -0.3 is 15.2 Å². The summed E-state index contributed by atoms with van der Waals surface area (Å²) in [6, 6.07) is 13.8. The van der Waals surface area contributed by atoms with Crippen LogP contribution in [0.3, 0.4) is 0 Å². The van der Waals surface area contributed by atoms with Gasteiger partial charge in [-0.15, -0.1) is 0 Å². The Labute approximate surface area is 165 Å². The van der Waals surface area contributed by atoms with Crippen molar-refractivity contribution in [1.82, 2.24) is 19.7 Å². The average molecular weight is 387 g/mol. The van der Waals surface area contributed by atoms with Gasteiger partial charge in [0.05, 0.1) is 22.9 Å². The van der Waals surface area contributed by atoms with Crippen LogP contribution in [0.15, 0.2) is 53.7 Å². The van der Waals surface area contributed by atoms with Crippen LogP contribution in [-0.4, -0.2) is 38.9 Å². The third-order valence-corrected chi connectivity index (χ3v) is 5.12. The monoisotopic (exact) mass is 387 g/mol. The molecule has 0 spiro atoms. The van der Waals surface area contributed by atoms with Crippen molar-refractivity contribution >= 4 is 22.9 Å². The highest BCUT2D eigenvalue weighted by molar-refractivity contribution is 5.95. The Morgan fingerprint density at radius 2 is 1.93 bits per heavy atom. The van der Waals surface area contributed by atoms with E-state index in [4.69, 9.17) is 15.2 Å². The Morgan fingerprint density at radius 1 is 1.07 bits per heavy atom. The van der Waals surface area contributed by atoms with Gasteiger partial charge >= 0.3 is 0 Å². The van der Waals surface area contributed by atoms with Crippen molar-refractivity contribution in [2.24, 2.45) is 10.7 Å². The van der Waals surface area contributed by atoms with Crippen LogP contribution < -0.4 is 20.5 Å². The normalized spacial score (nSPS) is 17.5. The number of nitrogens with one attached hydrogen (secondary N) is 2. The van der Waals surface area contributed by atoms with Crippen molar-refractivity contribution in [3.8, 4) is 22.8 Å². The summed E-state index contributed by atoms with van der Waals surface area (Å²) >= 11 is 0. The van der Waals surface area contributed by atoms with E-state index in [1.165, 1.54) is 0 Å². The third-order valence-electron chi connectivity index (χ3n) is 5.12. The molecule has 0 aliphatic carbocycles. The zero-order valence-electron chi connectivity index (χ0n) is 15.3. The molecule has 0 fully saturated rings. The molecule has 2 aliphatic heterocycles. The second kappa shape index (κ2) is 5.99. The molecular formula is C20H17N7O2. The average Bonchev–Trinajstić information content (AvgIpc) is 3.37. The summed E-state index contributed by atoms with van der Waals surface area (Å²) in [6.07, 6.45) is 1.37. The molecule has 0 unspecified atom stereocenters. The number of H-pyrrole nitrogens is 1. The zero-order chi connectivity index (χ0) is 19.4. The highest BCUT2D eigenvalue weighted by Crippen LogP contribution is 2.39. The van der Waals surface area contributed by atoms with E-state index in [9.17, 15) is 0 Å². The predicted octanol–water partition coefficient (Wildman–Crippen LogP) is 2.48. The first kappa shape index (κ1) is 16.0. The van der Waals surface area contributed by atoms with Gasteiger partial charge in [0.25, 0.3) is 0 Å². The second-order valence-electron chi connectivity index (χ2n) is 6.87. The minimum atomic E-state index is -0.402. The smallest absolute Gasteiger partial charge is 0.212 e. The quantitative estimate of drug-likeness (QED) is 0.487. The van der Waals surface area contributed by atoms with Gasteiger partial charge in [-0.3, -0.25) is 15.0 Å². The number of fused-ring (bicyclic) bond motifs is 4. The van der Waals surface area contributed by atoms with Crippen molar-refractivity contribution in [3.05, 3.63) is 54.2 Å². The maximum atomic E-state index is 6.07. The lowest BCUT2D eigenvalue weighted by Gasteiger charge is -2.24. The van der Waals surface area contributed by atoms with Crippen LogP contribution in [0, 0.1) is 0 Å². The fourth-order valence-corrected chi connectivity index (χ4v) is 3.85. The largest absolute Gasteiger partial charge is 0.486 e. The molecule has 29 heavy (non-hydrogen) atoms. The third kappa shape index (κ3) is 2.44. The van der Waals surface area contributed by atoms with Crippen molar-refractivity contribution < 1.29 is 9.47 Å². The van der Waals surface area contributed by atoms with Crippen LogP contribution in [0.1, 0.15) is 11.7 Å². The lowest BCUT2D eigenvalue weighted by atomic mass is 10.0. The maximum Gasteiger partial charge on any atom is 0.212 e. The summed E-state index contributed by atoms with van der Waals surface area (Å²) in [4.78, 5) is 9.30. The molecule has 9 nitrogen and oxygen atoms in total. The number of guanidine groups is 1. The number of aromatic amines is 1. The van der Waals surface area contributed by atoms with E-state index in [1.54, 1.807) is 6.20 Å². The summed E-state index contributed by atoms with van der Waals surface area (Å²) in [5.74, 6) is 2.43. The standard InChI is InChI=1S/C20H17N7O2/c21-19-24-18(27-14-4-2-1-3-13(14)23-20(27)25-19)12-10-22-26-17(12)11-5-6-15-16(9-11)29-8-7-28-15/h1-6,9-10,18H,7-8H2,(H,22,26)(H3,21,23,24,25)/t18-/m1/s1. The zero-order valence-corrected chi connectivity index (χ0v) is 15.3. The van der Waals surface area contributed by atoms with Gasteiger partial charge in [-0.05, 0) is 30.3 Å². The van der Waals surface area contributed by atoms with Crippen molar-refractivity contribution in [1.29, 1.82) is 0 Å². The van der Waals surface area contributed by atoms with E-state index in [2.05, 4.69) is 25.5 Å². The van der Waals surface area contributed by atoms with Crippen LogP contribution in [-0.2, 0) is 0 Å². The van der Waals surface area contributed by atoms with Crippen LogP contribution in [0.5, 0.6) is 11.5 Å². The maximum absolute atomic E-state index is 6.07. The molecule has 4 aromatic rings. The molecule has 144 valence electrons. The molecule has 4 N–H and O–H groups in total. The molecule has 0 amide bonds. The fraction of sp³-hybridized carbons (Fsp3) is 0.150. The number of para-hydroxylation sites is 2. The first-order chi connectivity index (χ1) is 14.3. The lowest BCUT2D eigenvalue weighted by Crippen LogP contribution is -2.31. The second-order valence-corrected chi connectivity index (χ2v) is 6.87. The number of benzene rings is 2. The van der Waals surface area contributed by atoms with E-state index in [-0.39, 0.29) is 0 Å². The molecule has 0 saturated carbocycles. The number of aromatic nitrogens is 4. The summed E-state index contributed by atoms with van der Waals surface area (Å²) in [7, 11) is 0. The predicted molar refractivity (Wildman–Crippen MR) is 108 cm³/mol. The van der Waals surface area contributed by atoms with Gasteiger partial charge in [0.2, 0.25) is 5.95 Å². The lowest BCUT2D eigenvalue weighted by molar-refractivity contribution is 0.171. The molecule has 4 heterocycles. The van der Waals surface area contributed by atoms with Crippen LogP contribution in [0.4, 0.5) is 5.95 Å². The number of imidazole rings is 1. The Morgan fingerprint density at radius 3 is 2.86 bits per heavy atom. The number of hydrogen-bond acceptors (Lipinski definition) is 7. The molecule has 1 atom stereocenters. The fourth-order valence-electron chi connectivity index (χ4n) is 3.85. The van der Waals surface area contributed by atoms with E-state index < -0.39 is 6.17 Å². The van der Waals surface area contributed by atoms with E-state index in [1.807, 2.05) is 47.0 Å². The van der Waals surface area contributed by atoms with Crippen LogP contribution in [0.2, 0.25) is 0 Å². The molecule has 2 aromatic carbocycles. The molecule has 6 rings (SSSR count). The number of nitrogens with zero attached hydrogens (tertiary/aromatic N) is 4. The summed E-state index contributed by atoms with van der Waals surface area (Å²) in [5, 5.41) is 10.4. The number of aliphatic imine (C=N–C) groups is 1. The molecule has 2 aliphatic rings. The molecule has 9 heteroatoms. The minimum Gasteiger partial charge on any atom is -0.486 e. The van der Waals surface area contributed by atoms with Crippen molar-refractivity contribution in [2.45, 2.75) is 6.17 Å². The summed E-state index contributed by atoms with van der Waals surface area (Å²) < 4.78 is 13.4. The van der Waals surface area contributed by atoms with E-state index in [0.717, 1.165) is 39.4 Å². The van der Waals surface area contributed by atoms with Gasteiger partial charge in [-0.25, -0.2) is 9.98 Å². The SMILES string of the molecule is NC1=N[C@@H](c2cn[nH]c2-c2ccc3c(c2)OCCO3)n2c(nc3ccccc32)N1. The Hall–Kier alpha value is -4.01. The topological polar surface area (TPSA) is 115 Å². The van der Waals surface area contributed by atoms with Gasteiger partial charge in [-0.2, -0.15) is 5.10 Å². The molecule has 2 aromatic heterocycles. The number of hydrogen-bond donors (Lipinski definition) is 3. The Balaban J connectivity index is 1.51. The van der Waals surface area contributed by atoms with E-state index in [0.29, 0.717) is 25.1 Å². The van der Waals surface area contributed by atoms with Gasteiger partial charge in [0, 0.05) is 11.1 Å². The van der Waals surface area contributed by atoms with E-state index >= 15 is 0 Å². The summed E-state index contributed by atoms with van der Waals surface area (Å²) in [6.45, 7) is 1.09. The Kier molecular flexibility index (Phi) is 3.31. The van der Waals surface area contributed by atoms with Crippen molar-refractivity contribution in [2.75, 3.05) is 18.5 Å². The van der Waals surface area contributed by atoms with Crippen LogP contribution >= 0.6 is 0 Å². The molecular weight excluding hydrogens is 370 g/mol. The molecule has 0 bridgehead atoms. The highest BCUT2D eigenvalue weighted by atomic mass is 16.6. The minimum absolute atomic E-state index is 0.312. The molecule has 0 radical (unpaired) electrons. The molecule has 0 saturated heterocycles. The summed E-state index contributed by atoms with van der Waals surface area (Å²) in [5.41, 5.74) is 10.6. The number of nitrogens with two attached hydrogens (primary N) is 1. The number of anilines is 1. The van der Waals surface area contributed by atoms with Gasteiger partial charge in [0.15, 0.2) is 23.6 Å². The number of rotatable bonds is 2. The Bertz CT molecular complexity index is 1270.